The first-order chi connectivity index (χ1) is 9.52. The number of hydrogen-bond donors (Lipinski definition) is 3. The topological polar surface area (TPSA) is 78.4 Å². The van der Waals surface area contributed by atoms with Gasteiger partial charge in [-0.3, -0.25) is 0 Å². The summed E-state index contributed by atoms with van der Waals surface area (Å²) in [6.07, 6.45) is 2.10. The van der Waals surface area contributed by atoms with Crippen LogP contribution in [0.3, 0.4) is 0 Å². The van der Waals surface area contributed by atoms with Crippen molar-refractivity contribution in [3.05, 3.63) is 35.9 Å². The minimum atomic E-state index is -1.04. The van der Waals surface area contributed by atoms with Gasteiger partial charge in [-0.15, -0.1) is 0 Å². The summed E-state index contributed by atoms with van der Waals surface area (Å²) in [4.78, 5) is 23.0. The standard InChI is InChI=1S/C15H22N2O3/c1-3-7-11(2)16-15(20)17-13(14(18)19)10-12-8-5-4-6-9-12/h4-6,8-9,11,13H,3,7,10H2,1-2H3,(H,18,19)(H2,16,17,20). The van der Waals surface area contributed by atoms with E-state index >= 15 is 0 Å². The third-order valence-electron chi connectivity index (χ3n) is 2.99. The Labute approximate surface area is 119 Å². The molecule has 5 nitrogen and oxygen atoms in total. The van der Waals surface area contributed by atoms with Crippen LogP contribution in [0.2, 0.25) is 0 Å². The molecule has 2 amide bonds. The van der Waals surface area contributed by atoms with E-state index in [1.807, 2.05) is 44.2 Å². The summed E-state index contributed by atoms with van der Waals surface area (Å²) in [5.74, 6) is -1.04. The minimum Gasteiger partial charge on any atom is -0.480 e. The van der Waals surface area contributed by atoms with Crippen molar-refractivity contribution < 1.29 is 14.7 Å². The van der Waals surface area contributed by atoms with Crippen LogP contribution in [0.4, 0.5) is 4.79 Å². The lowest BCUT2D eigenvalue weighted by Crippen LogP contribution is -2.49. The molecule has 0 aromatic heterocycles. The first kappa shape index (κ1) is 16.0. The van der Waals surface area contributed by atoms with Crippen LogP contribution in [0.5, 0.6) is 0 Å². The van der Waals surface area contributed by atoms with Gasteiger partial charge in [-0.2, -0.15) is 0 Å². The Bertz CT molecular complexity index is 434. The molecule has 0 aliphatic rings. The molecular weight excluding hydrogens is 256 g/mol. The Morgan fingerprint density at radius 3 is 2.40 bits per heavy atom. The van der Waals surface area contributed by atoms with Crippen LogP contribution in [0, 0.1) is 0 Å². The predicted octanol–water partition coefficient (Wildman–Crippen LogP) is 2.17. The van der Waals surface area contributed by atoms with Gasteiger partial charge in [0.15, 0.2) is 0 Å². The molecule has 0 spiro atoms. The average molecular weight is 278 g/mol. The molecule has 0 fully saturated rings. The zero-order valence-corrected chi connectivity index (χ0v) is 11.9. The van der Waals surface area contributed by atoms with E-state index in [1.54, 1.807) is 0 Å². The smallest absolute Gasteiger partial charge is 0.326 e. The lowest BCUT2D eigenvalue weighted by molar-refractivity contribution is -0.139. The maximum atomic E-state index is 11.7. The van der Waals surface area contributed by atoms with E-state index in [2.05, 4.69) is 10.6 Å². The van der Waals surface area contributed by atoms with Crippen LogP contribution in [0.15, 0.2) is 30.3 Å². The summed E-state index contributed by atoms with van der Waals surface area (Å²) in [5, 5.41) is 14.4. The van der Waals surface area contributed by atoms with Crippen molar-refractivity contribution in [3.8, 4) is 0 Å². The molecule has 0 saturated carbocycles. The Morgan fingerprint density at radius 1 is 1.20 bits per heavy atom. The highest BCUT2D eigenvalue weighted by molar-refractivity contribution is 5.82. The van der Waals surface area contributed by atoms with Crippen LogP contribution in [-0.4, -0.2) is 29.2 Å². The SMILES string of the molecule is CCCC(C)NC(=O)NC(Cc1ccccc1)C(=O)O. The van der Waals surface area contributed by atoms with Crippen molar-refractivity contribution in [3.63, 3.8) is 0 Å². The van der Waals surface area contributed by atoms with E-state index in [-0.39, 0.29) is 12.5 Å². The van der Waals surface area contributed by atoms with Crippen LogP contribution >= 0.6 is 0 Å². The number of benzene rings is 1. The van der Waals surface area contributed by atoms with Crippen molar-refractivity contribution in [1.29, 1.82) is 0 Å². The first-order valence-electron chi connectivity index (χ1n) is 6.86. The van der Waals surface area contributed by atoms with E-state index in [0.29, 0.717) is 0 Å². The molecule has 2 atom stereocenters. The summed E-state index contributed by atoms with van der Waals surface area (Å²) < 4.78 is 0. The van der Waals surface area contributed by atoms with E-state index in [1.165, 1.54) is 0 Å². The van der Waals surface area contributed by atoms with Gasteiger partial charge >= 0.3 is 12.0 Å². The van der Waals surface area contributed by atoms with Gasteiger partial charge < -0.3 is 15.7 Å². The number of rotatable bonds is 7. The number of carboxylic acids is 1. The lowest BCUT2D eigenvalue weighted by Gasteiger charge is -2.18. The Morgan fingerprint density at radius 2 is 1.85 bits per heavy atom. The Balaban J connectivity index is 2.55. The number of aliphatic carboxylic acids is 1. The molecule has 0 aliphatic carbocycles. The van der Waals surface area contributed by atoms with Gasteiger partial charge in [0.25, 0.3) is 0 Å². The molecule has 0 heterocycles. The van der Waals surface area contributed by atoms with Gasteiger partial charge in [-0.1, -0.05) is 43.7 Å². The number of amides is 2. The highest BCUT2D eigenvalue weighted by Gasteiger charge is 2.20. The number of carboxylic acid groups (broad SMARTS) is 1. The molecule has 20 heavy (non-hydrogen) atoms. The molecule has 0 radical (unpaired) electrons. The van der Waals surface area contributed by atoms with Crippen molar-refractivity contribution in [2.45, 2.75) is 45.2 Å². The lowest BCUT2D eigenvalue weighted by atomic mass is 10.1. The van der Waals surface area contributed by atoms with Crippen LogP contribution in [0.25, 0.3) is 0 Å². The summed E-state index contributed by atoms with van der Waals surface area (Å²) >= 11 is 0. The summed E-state index contributed by atoms with van der Waals surface area (Å²) in [5.41, 5.74) is 0.877. The Hall–Kier alpha value is -2.04. The third kappa shape index (κ3) is 5.73. The zero-order valence-electron chi connectivity index (χ0n) is 11.9. The van der Waals surface area contributed by atoms with Gasteiger partial charge in [0.05, 0.1) is 0 Å². The minimum absolute atomic E-state index is 0.0335. The molecule has 110 valence electrons. The number of nitrogens with one attached hydrogen (secondary N) is 2. The number of carbonyl (C=O) groups excluding carboxylic acids is 1. The van der Waals surface area contributed by atoms with Gasteiger partial charge in [0.1, 0.15) is 6.04 Å². The molecule has 0 bridgehead atoms. The van der Waals surface area contributed by atoms with Gasteiger partial charge in [-0.25, -0.2) is 9.59 Å². The maximum Gasteiger partial charge on any atom is 0.326 e. The number of hydrogen-bond acceptors (Lipinski definition) is 2. The van der Waals surface area contributed by atoms with Crippen LogP contribution < -0.4 is 10.6 Å². The summed E-state index contributed by atoms with van der Waals surface area (Å²) in [6, 6.07) is 7.91. The number of urea groups is 1. The molecule has 0 aliphatic heterocycles. The molecular formula is C15H22N2O3. The summed E-state index contributed by atoms with van der Waals surface area (Å²) in [7, 11) is 0. The highest BCUT2D eigenvalue weighted by atomic mass is 16.4. The van der Waals surface area contributed by atoms with E-state index in [9.17, 15) is 14.7 Å². The second kappa shape index (κ2) is 8.19. The second-order valence-corrected chi connectivity index (χ2v) is 4.89. The van der Waals surface area contributed by atoms with Crippen molar-refractivity contribution in [2.24, 2.45) is 0 Å². The third-order valence-corrected chi connectivity index (χ3v) is 2.99. The second-order valence-electron chi connectivity index (χ2n) is 4.89. The molecule has 5 heteroatoms. The fourth-order valence-corrected chi connectivity index (χ4v) is 1.98. The fraction of sp³-hybridized carbons (Fsp3) is 0.467. The molecule has 0 saturated heterocycles. The van der Waals surface area contributed by atoms with E-state index in [4.69, 9.17) is 0 Å². The number of carbonyl (C=O) groups is 2. The van der Waals surface area contributed by atoms with E-state index < -0.39 is 18.0 Å². The van der Waals surface area contributed by atoms with Gasteiger partial charge in [-0.05, 0) is 18.9 Å². The largest absolute Gasteiger partial charge is 0.480 e. The van der Waals surface area contributed by atoms with Crippen molar-refractivity contribution in [1.82, 2.24) is 10.6 Å². The van der Waals surface area contributed by atoms with Gasteiger partial charge in [0.2, 0.25) is 0 Å². The van der Waals surface area contributed by atoms with Gasteiger partial charge in [0, 0.05) is 12.5 Å². The van der Waals surface area contributed by atoms with E-state index in [0.717, 1.165) is 18.4 Å². The van der Waals surface area contributed by atoms with Crippen molar-refractivity contribution in [2.75, 3.05) is 0 Å². The zero-order chi connectivity index (χ0) is 15.0. The Kier molecular flexibility index (Phi) is 6.56. The molecule has 1 aromatic carbocycles. The summed E-state index contributed by atoms with van der Waals surface area (Å²) in [6.45, 7) is 3.93. The fourth-order valence-electron chi connectivity index (χ4n) is 1.98. The van der Waals surface area contributed by atoms with Crippen molar-refractivity contribution >= 4 is 12.0 Å². The van der Waals surface area contributed by atoms with Crippen LogP contribution in [-0.2, 0) is 11.2 Å². The predicted molar refractivity (Wildman–Crippen MR) is 77.6 cm³/mol. The quantitative estimate of drug-likeness (QED) is 0.715. The normalized spacial score (nSPS) is 13.3. The highest BCUT2D eigenvalue weighted by Crippen LogP contribution is 2.03. The first-order valence-corrected chi connectivity index (χ1v) is 6.86. The monoisotopic (exact) mass is 278 g/mol. The maximum absolute atomic E-state index is 11.7. The molecule has 2 unspecified atom stereocenters. The molecule has 3 N–H and O–H groups in total. The van der Waals surface area contributed by atoms with Crippen LogP contribution in [0.1, 0.15) is 32.3 Å². The average Bonchev–Trinajstić information content (AvgIpc) is 2.39. The molecule has 1 rings (SSSR count). The molecule has 1 aromatic rings.